The molecule has 0 heterocycles. The predicted molar refractivity (Wildman–Crippen MR) is 108 cm³/mol. The third kappa shape index (κ3) is 5.41. The molecule has 0 spiro atoms. The molecule has 28 heavy (non-hydrogen) atoms. The second-order valence-electron chi connectivity index (χ2n) is 6.37. The molecule has 0 radical (unpaired) electrons. The summed E-state index contributed by atoms with van der Waals surface area (Å²) in [5, 5.41) is 5.44. The van der Waals surface area contributed by atoms with Gasteiger partial charge in [0.15, 0.2) is 0 Å². The highest BCUT2D eigenvalue weighted by Gasteiger charge is 2.09. The molecule has 0 saturated carbocycles. The number of hydrogen-bond acceptors (Lipinski definition) is 3. The summed E-state index contributed by atoms with van der Waals surface area (Å²) in [4.78, 5) is 24.4. The van der Waals surface area contributed by atoms with Gasteiger partial charge in [0.25, 0.3) is 0 Å². The van der Waals surface area contributed by atoms with Gasteiger partial charge in [-0.15, -0.1) is 0 Å². The Hall–Kier alpha value is -3.67. The molecular weight excluding hydrogens is 357 g/mol. The SMILES string of the molecule is Nc1ccccc1NC(=O)Cc1cccc(CC(=O)Nc2cccc(F)c2)c1. The number of amides is 2. The van der Waals surface area contributed by atoms with Crippen molar-refractivity contribution in [1.82, 2.24) is 0 Å². The van der Waals surface area contributed by atoms with E-state index in [0.717, 1.165) is 11.1 Å². The van der Waals surface area contributed by atoms with E-state index in [4.69, 9.17) is 5.73 Å². The Morgan fingerprint density at radius 3 is 2.11 bits per heavy atom. The van der Waals surface area contributed by atoms with Crippen LogP contribution in [0.4, 0.5) is 21.5 Å². The normalized spacial score (nSPS) is 10.3. The van der Waals surface area contributed by atoms with Crippen molar-refractivity contribution >= 4 is 28.9 Å². The van der Waals surface area contributed by atoms with Crippen LogP contribution in [0.15, 0.2) is 72.8 Å². The van der Waals surface area contributed by atoms with Gasteiger partial charge in [-0.1, -0.05) is 42.5 Å². The van der Waals surface area contributed by atoms with E-state index < -0.39 is 5.82 Å². The lowest BCUT2D eigenvalue weighted by atomic mass is 10.1. The van der Waals surface area contributed by atoms with Crippen LogP contribution in [-0.2, 0) is 22.4 Å². The van der Waals surface area contributed by atoms with Crippen LogP contribution in [-0.4, -0.2) is 11.8 Å². The van der Waals surface area contributed by atoms with E-state index >= 15 is 0 Å². The van der Waals surface area contributed by atoms with Gasteiger partial charge in [-0.3, -0.25) is 9.59 Å². The first kappa shape index (κ1) is 19.1. The van der Waals surface area contributed by atoms with Crippen LogP contribution < -0.4 is 16.4 Å². The smallest absolute Gasteiger partial charge is 0.228 e. The first-order valence-electron chi connectivity index (χ1n) is 8.77. The minimum Gasteiger partial charge on any atom is -0.397 e. The maximum Gasteiger partial charge on any atom is 0.228 e. The number of nitrogens with one attached hydrogen (secondary N) is 2. The standard InChI is InChI=1S/C22H20FN3O2/c23-17-7-4-8-18(14-17)25-21(27)12-15-5-3-6-16(11-15)13-22(28)26-20-10-2-1-9-19(20)24/h1-11,14H,12-13,24H2,(H,25,27)(H,26,28). The van der Waals surface area contributed by atoms with Crippen LogP contribution in [0.1, 0.15) is 11.1 Å². The van der Waals surface area contributed by atoms with E-state index in [-0.39, 0.29) is 24.7 Å². The van der Waals surface area contributed by atoms with E-state index in [1.165, 1.54) is 18.2 Å². The summed E-state index contributed by atoms with van der Waals surface area (Å²) < 4.78 is 13.2. The van der Waals surface area contributed by atoms with Crippen molar-refractivity contribution in [1.29, 1.82) is 0 Å². The zero-order valence-electron chi connectivity index (χ0n) is 15.1. The molecule has 0 saturated heterocycles. The van der Waals surface area contributed by atoms with Gasteiger partial charge in [0.1, 0.15) is 5.82 Å². The van der Waals surface area contributed by atoms with Gasteiger partial charge in [0, 0.05) is 5.69 Å². The third-order valence-corrected chi connectivity index (χ3v) is 4.06. The van der Waals surface area contributed by atoms with Crippen molar-refractivity contribution in [2.24, 2.45) is 0 Å². The molecule has 0 atom stereocenters. The van der Waals surface area contributed by atoms with Crippen molar-refractivity contribution in [3.63, 3.8) is 0 Å². The van der Waals surface area contributed by atoms with Crippen LogP contribution >= 0.6 is 0 Å². The van der Waals surface area contributed by atoms with E-state index in [2.05, 4.69) is 10.6 Å². The maximum absolute atomic E-state index is 13.2. The molecule has 0 aromatic heterocycles. The molecule has 4 N–H and O–H groups in total. The molecule has 0 bridgehead atoms. The zero-order chi connectivity index (χ0) is 19.9. The molecule has 3 rings (SSSR count). The fourth-order valence-corrected chi connectivity index (χ4v) is 2.80. The Balaban J connectivity index is 1.59. The molecule has 6 heteroatoms. The molecule has 142 valence electrons. The van der Waals surface area contributed by atoms with Crippen molar-refractivity contribution in [2.75, 3.05) is 16.4 Å². The van der Waals surface area contributed by atoms with E-state index in [1.54, 1.807) is 42.5 Å². The fraction of sp³-hybridized carbons (Fsp3) is 0.0909. The number of rotatable bonds is 6. The van der Waals surface area contributed by atoms with Crippen LogP contribution in [0, 0.1) is 5.82 Å². The van der Waals surface area contributed by atoms with Crippen LogP contribution in [0.5, 0.6) is 0 Å². The maximum atomic E-state index is 13.2. The van der Waals surface area contributed by atoms with E-state index in [1.807, 2.05) is 12.1 Å². The van der Waals surface area contributed by atoms with E-state index in [0.29, 0.717) is 17.1 Å². The number of anilines is 3. The first-order chi connectivity index (χ1) is 13.5. The number of hydrogen-bond donors (Lipinski definition) is 3. The molecule has 0 aliphatic rings. The lowest BCUT2D eigenvalue weighted by Gasteiger charge is -2.09. The fourth-order valence-electron chi connectivity index (χ4n) is 2.80. The summed E-state index contributed by atoms with van der Waals surface area (Å²) in [5.41, 5.74) is 8.84. The molecule has 0 unspecified atom stereocenters. The zero-order valence-corrected chi connectivity index (χ0v) is 15.1. The second kappa shape index (κ2) is 8.81. The summed E-state index contributed by atoms with van der Waals surface area (Å²) in [6, 6.07) is 20.0. The largest absolute Gasteiger partial charge is 0.397 e. The average molecular weight is 377 g/mol. The summed E-state index contributed by atoms with van der Waals surface area (Å²) in [7, 11) is 0. The summed E-state index contributed by atoms with van der Waals surface area (Å²) in [6.07, 6.45) is 0.283. The highest BCUT2D eigenvalue weighted by atomic mass is 19.1. The van der Waals surface area contributed by atoms with Gasteiger partial charge in [-0.25, -0.2) is 4.39 Å². The minimum absolute atomic E-state index is 0.123. The number of carbonyl (C=O) groups excluding carboxylic acids is 2. The highest BCUT2D eigenvalue weighted by Crippen LogP contribution is 2.17. The molecular formula is C22H20FN3O2. The quantitative estimate of drug-likeness (QED) is 0.572. The summed E-state index contributed by atoms with van der Waals surface area (Å²) in [5.74, 6) is -0.867. The van der Waals surface area contributed by atoms with Crippen molar-refractivity contribution in [3.05, 3.63) is 89.7 Å². The number of para-hydroxylation sites is 2. The minimum atomic E-state index is -0.412. The lowest BCUT2D eigenvalue weighted by Crippen LogP contribution is -2.16. The second-order valence-corrected chi connectivity index (χ2v) is 6.37. The topological polar surface area (TPSA) is 84.2 Å². The molecule has 0 aliphatic carbocycles. The van der Waals surface area contributed by atoms with Gasteiger partial charge in [0.05, 0.1) is 24.2 Å². The van der Waals surface area contributed by atoms with Crippen LogP contribution in [0.2, 0.25) is 0 Å². The number of carbonyl (C=O) groups is 2. The van der Waals surface area contributed by atoms with Crippen molar-refractivity contribution < 1.29 is 14.0 Å². The number of halogens is 1. The number of nitrogens with two attached hydrogens (primary N) is 1. The van der Waals surface area contributed by atoms with Crippen molar-refractivity contribution in [2.45, 2.75) is 12.8 Å². The Morgan fingerprint density at radius 2 is 1.43 bits per heavy atom. The monoisotopic (exact) mass is 377 g/mol. The summed E-state index contributed by atoms with van der Waals surface area (Å²) >= 11 is 0. The van der Waals surface area contributed by atoms with Crippen LogP contribution in [0.3, 0.4) is 0 Å². The Bertz CT molecular complexity index is 1000. The summed E-state index contributed by atoms with van der Waals surface area (Å²) in [6.45, 7) is 0. The highest BCUT2D eigenvalue weighted by molar-refractivity contribution is 5.95. The lowest BCUT2D eigenvalue weighted by molar-refractivity contribution is -0.116. The van der Waals surface area contributed by atoms with Crippen molar-refractivity contribution in [3.8, 4) is 0 Å². The van der Waals surface area contributed by atoms with E-state index in [9.17, 15) is 14.0 Å². The van der Waals surface area contributed by atoms with Gasteiger partial charge >= 0.3 is 0 Å². The Kier molecular flexibility index (Phi) is 6.01. The van der Waals surface area contributed by atoms with Gasteiger partial charge in [-0.2, -0.15) is 0 Å². The molecule has 3 aromatic rings. The van der Waals surface area contributed by atoms with Crippen LogP contribution in [0.25, 0.3) is 0 Å². The van der Waals surface area contributed by atoms with Gasteiger partial charge in [0.2, 0.25) is 11.8 Å². The Morgan fingerprint density at radius 1 is 0.786 bits per heavy atom. The first-order valence-corrected chi connectivity index (χ1v) is 8.77. The number of benzene rings is 3. The predicted octanol–water partition coefficient (Wildman–Crippen LogP) is 3.77. The average Bonchev–Trinajstić information content (AvgIpc) is 2.64. The molecule has 3 aromatic carbocycles. The molecule has 2 amide bonds. The van der Waals surface area contributed by atoms with Gasteiger partial charge in [-0.05, 0) is 41.5 Å². The molecule has 0 fully saturated rings. The Labute approximate surface area is 162 Å². The number of nitrogen functional groups attached to an aromatic ring is 1. The molecule has 5 nitrogen and oxygen atoms in total. The third-order valence-electron chi connectivity index (χ3n) is 4.06. The molecule has 0 aliphatic heterocycles. The van der Waals surface area contributed by atoms with Gasteiger partial charge < -0.3 is 16.4 Å².